The molecule has 8 nitrogen and oxygen atoms in total. The van der Waals surface area contributed by atoms with Crippen LogP contribution in [-0.4, -0.2) is 31.7 Å². The number of hydrogen-bond donors (Lipinski definition) is 2. The van der Waals surface area contributed by atoms with Crippen LogP contribution in [0.5, 0.6) is 17.4 Å². The summed E-state index contributed by atoms with van der Waals surface area (Å²) < 4.78 is 15.8. The molecule has 0 unspecified atom stereocenters. The molecular weight excluding hydrogens is 336 g/mol. The fraction of sp³-hybridized carbons (Fsp3) is 0.278. The average molecular weight is 356 g/mol. The van der Waals surface area contributed by atoms with Crippen molar-refractivity contribution < 1.29 is 19.0 Å². The number of benzene rings is 1. The van der Waals surface area contributed by atoms with Crippen LogP contribution in [0.25, 0.3) is 0 Å². The number of nitrogens with zero attached hydrogens (tertiary/aromatic N) is 2. The van der Waals surface area contributed by atoms with Crippen LogP contribution in [0.15, 0.2) is 24.3 Å². The van der Waals surface area contributed by atoms with Gasteiger partial charge in [-0.3, -0.25) is 4.79 Å². The van der Waals surface area contributed by atoms with E-state index in [1.54, 1.807) is 39.3 Å². The number of anilines is 1. The molecule has 136 valence electrons. The molecule has 1 aromatic carbocycles. The second-order valence-corrected chi connectivity index (χ2v) is 5.18. The molecule has 3 N–H and O–H groups in total. The zero-order valence-corrected chi connectivity index (χ0v) is 14.8. The van der Waals surface area contributed by atoms with Crippen molar-refractivity contribution in [3.05, 3.63) is 41.1 Å². The second kappa shape index (κ2) is 8.58. The van der Waals surface area contributed by atoms with Gasteiger partial charge in [0.15, 0.2) is 0 Å². The topological polar surface area (TPSA) is 119 Å². The van der Waals surface area contributed by atoms with Crippen LogP contribution in [0.4, 0.5) is 5.69 Å². The highest BCUT2D eigenvalue weighted by Gasteiger charge is 2.17. The zero-order chi connectivity index (χ0) is 19.1. The highest BCUT2D eigenvalue weighted by molar-refractivity contribution is 5.93. The summed E-state index contributed by atoms with van der Waals surface area (Å²) >= 11 is 0. The largest absolute Gasteiger partial charge is 0.497 e. The minimum Gasteiger partial charge on any atom is -0.497 e. The van der Waals surface area contributed by atoms with Gasteiger partial charge in [0.2, 0.25) is 5.88 Å². The van der Waals surface area contributed by atoms with E-state index in [0.717, 1.165) is 5.56 Å². The SMILES string of the molecule is CCOc1nc(C(=O)NCc2cc(OC)ccc2OC)cc(N)c1C#N. The minimum absolute atomic E-state index is 0.0408. The maximum atomic E-state index is 12.4. The van der Waals surface area contributed by atoms with Gasteiger partial charge in [0.25, 0.3) is 5.91 Å². The molecule has 0 fully saturated rings. The van der Waals surface area contributed by atoms with Gasteiger partial charge in [0.05, 0.1) is 26.5 Å². The molecule has 0 saturated heterocycles. The molecule has 1 amide bonds. The fourth-order valence-corrected chi connectivity index (χ4v) is 2.30. The van der Waals surface area contributed by atoms with Gasteiger partial charge in [0.1, 0.15) is 28.8 Å². The van der Waals surface area contributed by atoms with E-state index in [9.17, 15) is 4.79 Å². The molecular formula is C18H20N4O4. The van der Waals surface area contributed by atoms with Crippen LogP contribution in [0.3, 0.4) is 0 Å². The quantitative estimate of drug-likeness (QED) is 0.777. The molecule has 1 aromatic heterocycles. The molecule has 0 radical (unpaired) electrons. The van der Waals surface area contributed by atoms with Crippen molar-refractivity contribution in [2.45, 2.75) is 13.5 Å². The Labute approximate surface area is 151 Å². The maximum Gasteiger partial charge on any atom is 0.270 e. The van der Waals surface area contributed by atoms with E-state index in [4.69, 9.17) is 25.2 Å². The molecule has 0 aliphatic rings. The Morgan fingerprint density at radius 1 is 1.31 bits per heavy atom. The standard InChI is InChI=1S/C18H20N4O4/c1-4-26-18-13(9-19)14(20)8-15(22-18)17(23)21-10-11-7-12(24-2)5-6-16(11)25-3/h5-8H,4,10H2,1-3H3,(H2,20,22)(H,21,23). The molecule has 0 saturated carbocycles. The summed E-state index contributed by atoms with van der Waals surface area (Å²) in [5, 5.41) is 11.9. The number of aromatic nitrogens is 1. The van der Waals surface area contributed by atoms with E-state index < -0.39 is 5.91 Å². The Kier molecular flexibility index (Phi) is 6.22. The molecule has 26 heavy (non-hydrogen) atoms. The predicted molar refractivity (Wildman–Crippen MR) is 95.2 cm³/mol. The summed E-state index contributed by atoms with van der Waals surface area (Å²) in [6.07, 6.45) is 0. The Hall–Kier alpha value is -3.47. The molecule has 2 aromatic rings. The third-order valence-electron chi connectivity index (χ3n) is 3.57. The van der Waals surface area contributed by atoms with E-state index in [1.807, 2.05) is 6.07 Å². The van der Waals surface area contributed by atoms with Crippen molar-refractivity contribution in [3.63, 3.8) is 0 Å². The number of nitrogen functional groups attached to an aromatic ring is 1. The molecule has 0 bridgehead atoms. The molecule has 0 aliphatic heterocycles. The van der Waals surface area contributed by atoms with Gasteiger partial charge >= 0.3 is 0 Å². The summed E-state index contributed by atoms with van der Waals surface area (Å²) in [7, 11) is 3.10. The van der Waals surface area contributed by atoms with Crippen molar-refractivity contribution in [1.82, 2.24) is 10.3 Å². The molecule has 2 rings (SSSR count). The maximum absolute atomic E-state index is 12.4. The zero-order valence-electron chi connectivity index (χ0n) is 14.8. The van der Waals surface area contributed by atoms with E-state index in [2.05, 4.69) is 10.3 Å². The normalized spacial score (nSPS) is 9.92. The molecule has 1 heterocycles. The summed E-state index contributed by atoms with van der Waals surface area (Å²) in [6.45, 7) is 2.25. The van der Waals surface area contributed by atoms with Crippen molar-refractivity contribution >= 4 is 11.6 Å². The van der Waals surface area contributed by atoms with Crippen molar-refractivity contribution in [3.8, 4) is 23.4 Å². The molecule has 0 aliphatic carbocycles. The Morgan fingerprint density at radius 2 is 2.08 bits per heavy atom. The Morgan fingerprint density at radius 3 is 2.69 bits per heavy atom. The van der Waals surface area contributed by atoms with Crippen LogP contribution >= 0.6 is 0 Å². The number of pyridine rings is 1. The Balaban J connectivity index is 2.22. The van der Waals surface area contributed by atoms with Crippen molar-refractivity contribution in [2.75, 3.05) is 26.6 Å². The lowest BCUT2D eigenvalue weighted by Gasteiger charge is -2.12. The van der Waals surface area contributed by atoms with E-state index >= 15 is 0 Å². The molecule has 8 heteroatoms. The van der Waals surface area contributed by atoms with Crippen molar-refractivity contribution in [2.24, 2.45) is 0 Å². The van der Waals surface area contributed by atoms with Crippen LogP contribution in [0.1, 0.15) is 28.5 Å². The van der Waals surface area contributed by atoms with E-state index in [0.29, 0.717) is 18.1 Å². The van der Waals surface area contributed by atoms with Gasteiger partial charge in [-0.2, -0.15) is 5.26 Å². The molecule has 0 atom stereocenters. The number of methoxy groups -OCH3 is 2. The average Bonchev–Trinajstić information content (AvgIpc) is 2.65. The lowest BCUT2D eigenvalue weighted by atomic mass is 10.1. The number of amides is 1. The van der Waals surface area contributed by atoms with Gasteiger partial charge in [-0.15, -0.1) is 0 Å². The van der Waals surface area contributed by atoms with Gasteiger partial charge < -0.3 is 25.3 Å². The second-order valence-electron chi connectivity index (χ2n) is 5.18. The monoisotopic (exact) mass is 356 g/mol. The van der Waals surface area contributed by atoms with Crippen molar-refractivity contribution in [1.29, 1.82) is 5.26 Å². The third-order valence-corrected chi connectivity index (χ3v) is 3.57. The smallest absolute Gasteiger partial charge is 0.270 e. The van der Waals surface area contributed by atoms with E-state index in [-0.39, 0.29) is 29.4 Å². The summed E-state index contributed by atoms with van der Waals surface area (Å²) in [5.74, 6) is 0.856. The highest BCUT2D eigenvalue weighted by atomic mass is 16.5. The Bertz CT molecular complexity index is 846. The lowest BCUT2D eigenvalue weighted by molar-refractivity contribution is 0.0944. The van der Waals surface area contributed by atoms with E-state index in [1.165, 1.54) is 6.07 Å². The third kappa shape index (κ3) is 4.13. The van der Waals surface area contributed by atoms with Gasteiger partial charge in [-0.05, 0) is 31.2 Å². The number of nitrogens with two attached hydrogens (primary N) is 1. The number of carbonyl (C=O) groups is 1. The summed E-state index contributed by atoms with van der Waals surface area (Å²) in [5.41, 5.74) is 6.88. The number of carbonyl (C=O) groups excluding carboxylic acids is 1. The summed E-state index contributed by atoms with van der Waals surface area (Å²) in [6, 6.07) is 8.56. The van der Waals surface area contributed by atoms with Gasteiger partial charge in [0, 0.05) is 12.1 Å². The minimum atomic E-state index is -0.452. The lowest BCUT2D eigenvalue weighted by Crippen LogP contribution is -2.24. The van der Waals surface area contributed by atoms with Gasteiger partial charge in [-0.1, -0.05) is 0 Å². The first-order chi connectivity index (χ1) is 12.5. The number of ether oxygens (including phenoxy) is 3. The number of hydrogen-bond acceptors (Lipinski definition) is 7. The van der Waals surface area contributed by atoms with Gasteiger partial charge in [-0.25, -0.2) is 4.98 Å². The first kappa shape index (κ1) is 18.9. The summed E-state index contributed by atoms with van der Waals surface area (Å²) in [4.78, 5) is 16.5. The fourth-order valence-electron chi connectivity index (χ4n) is 2.30. The van der Waals surface area contributed by atoms with Crippen LogP contribution in [0.2, 0.25) is 0 Å². The van der Waals surface area contributed by atoms with Crippen LogP contribution < -0.4 is 25.3 Å². The highest BCUT2D eigenvalue weighted by Crippen LogP contribution is 2.25. The number of rotatable bonds is 7. The first-order valence-corrected chi connectivity index (χ1v) is 7.86. The first-order valence-electron chi connectivity index (χ1n) is 7.86. The molecule has 0 spiro atoms. The number of nitrogens with one attached hydrogen (secondary N) is 1. The van der Waals surface area contributed by atoms with Crippen LogP contribution in [0, 0.1) is 11.3 Å². The van der Waals surface area contributed by atoms with Crippen LogP contribution in [-0.2, 0) is 6.54 Å². The number of nitriles is 1. The predicted octanol–water partition coefficient (Wildman–Crippen LogP) is 1.88.